The summed E-state index contributed by atoms with van der Waals surface area (Å²) in [7, 11) is 0. The lowest BCUT2D eigenvalue weighted by Gasteiger charge is -1.99. The summed E-state index contributed by atoms with van der Waals surface area (Å²) >= 11 is 0. The fraction of sp³-hybridized carbons (Fsp3) is 0.167. The van der Waals surface area contributed by atoms with Gasteiger partial charge in [-0.05, 0) is 12.1 Å². The molecule has 0 unspecified atom stereocenters. The molecule has 82 valence electrons. The molecule has 0 aliphatic carbocycles. The van der Waals surface area contributed by atoms with Crippen molar-refractivity contribution in [3.63, 3.8) is 0 Å². The van der Waals surface area contributed by atoms with Gasteiger partial charge in [-0.25, -0.2) is 4.98 Å². The fourth-order valence-corrected chi connectivity index (χ4v) is 1.54. The number of aromatic hydroxyl groups is 1. The van der Waals surface area contributed by atoms with Crippen molar-refractivity contribution in [2.45, 2.75) is 13.3 Å². The van der Waals surface area contributed by atoms with Gasteiger partial charge < -0.3 is 9.52 Å². The van der Waals surface area contributed by atoms with E-state index in [9.17, 15) is 9.90 Å². The zero-order valence-electron chi connectivity index (χ0n) is 8.80. The van der Waals surface area contributed by atoms with Crippen molar-refractivity contribution in [3.8, 4) is 17.0 Å². The summed E-state index contributed by atoms with van der Waals surface area (Å²) in [6.45, 7) is 1.92. The Morgan fingerprint density at radius 1 is 1.50 bits per heavy atom. The van der Waals surface area contributed by atoms with Gasteiger partial charge in [0.1, 0.15) is 17.2 Å². The molecule has 1 heterocycles. The van der Waals surface area contributed by atoms with Crippen molar-refractivity contribution in [1.82, 2.24) is 4.98 Å². The van der Waals surface area contributed by atoms with Crippen LogP contribution in [-0.2, 0) is 6.42 Å². The minimum atomic E-state index is 0.0650. The molecule has 0 saturated heterocycles. The van der Waals surface area contributed by atoms with Gasteiger partial charge in [-0.2, -0.15) is 0 Å². The van der Waals surface area contributed by atoms with Gasteiger partial charge in [0.2, 0.25) is 6.29 Å². The van der Waals surface area contributed by atoms with Gasteiger partial charge in [0, 0.05) is 12.0 Å². The Hall–Kier alpha value is -2.10. The maximum Gasteiger partial charge on any atom is 0.260 e. The first-order valence-electron chi connectivity index (χ1n) is 4.99. The predicted molar refractivity (Wildman–Crippen MR) is 58.4 cm³/mol. The number of hydrogen-bond donors (Lipinski definition) is 1. The van der Waals surface area contributed by atoms with Gasteiger partial charge in [0.25, 0.3) is 5.89 Å². The number of nitrogens with zero attached hydrogens (tertiary/aromatic N) is 1. The smallest absolute Gasteiger partial charge is 0.260 e. The fourth-order valence-electron chi connectivity index (χ4n) is 1.54. The molecule has 0 atom stereocenters. The number of phenolic OH excluding ortho intramolecular Hbond substituents is 1. The third-order valence-corrected chi connectivity index (χ3v) is 2.26. The topological polar surface area (TPSA) is 63.3 Å². The number of aryl methyl sites for hydroxylation is 1. The van der Waals surface area contributed by atoms with E-state index in [2.05, 4.69) is 4.98 Å². The van der Waals surface area contributed by atoms with Crippen molar-refractivity contribution < 1.29 is 14.3 Å². The van der Waals surface area contributed by atoms with E-state index >= 15 is 0 Å². The summed E-state index contributed by atoms with van der Waals surface area (Å²) in [5.41, 5.74) is 1.36. The van der Waals surface area contributed by atoms with Gasteiger partial charge in [0.15, 0.2) is 0 Å². The van der Waals surface area contributed by atoms with Crippen LogP contribution in [0, 0.1) is 0 Å². The van der Waals surface area contributed by atoms with Crippen molar-refractivity contribution in [2.75, 3.05) is 0 Å². The second-order valence-corrected chi connectivity index (χ2v) is 3.35. The summed E-state index contributed by atoms with van der Waals surface area (Å²) < 4.78 is 5.25. The van der Waals surface area contributed by atoms with Crippen LogP contribution in [0.25, 0.3) is 11.3 Å². The number of rotatable bonds is 3. The zero-order chi connectivity index (χ0) is 11.5. The monoisotopic (exact) mass is 217 g/mol. The third-order valence-electron chi connectivity index (χ3n) is 2.26. The van der Waals surface area contributed by atoms with E-state index in [0.717, 1.165) is 5.56 Å². The number of carbonyl (C=O) groups excluding carboxylic acids is 1. The number of hydrogen-bond acceptors (Lipinski definition) is 4. The predicted octanol–water partition coefficient (Wildman–Crippen LogP) is 2.42. The molecule has 0 bridgehead atoms. The molecule has 16 heavy (non-hydrogen) atoms. The number of carbonyl (C=O) groups is 1. The highest BCUT2D eigenvalue weighted by molar-refractivity contribution is 5.71. The first kappa shape index (κ1) is 10.4. The van der Waals surface area contributed by atoms with Crippen LogP contribution in [0.15, 0.2) is 28.7 Å². The SMILES string of the molecule is CCc1oc(C=O)nc1-c1cccc(O)c1. The van der Waals surface area contributed by atoms with Crippen molar-refractivity contribution >= 4 is 6.29 Å². The standard InChI is InChI=1S/C12H11NO3/c1-2-10-12(13-11(7-14)16-10)8-4-3-5-9(15)6-8/h3-7,15H,2H2,1H3. The summed E-state index contributed by atoms with van der Waals surface area (Å²) in [6.07, 6.45) is 1.22. The van der Waals surface area contributed by atoms with Crippen LogP contribution in [0.4, 0.5) is 0 Å². The Morgan fingerprint density at radius 2 is 2.31 bits per heavy atom. The second kappa shape index (κ2) is 4.18. The zero-order valence-corrected chi connectivity index (χ0v) is 8.80. The number of aldehydes is 1. The van der Waals surface area contributed by atoms with E-state index in [-0.39, 0.29) is 11.6 Å². The van der Waals surface area contributed by atoms with Crippen LogP contribution in [0.3, 0.4) is 0 Å². The van der Waals surface area contributed by atoms with Crippen molar-refractivity contribution in [1.29, 1.82) is 0 Å². The van der Waals surface area contributed by atoms with Crippen molar-refractivity contribution in [3.05, 3.63) is 35.9 Å². The average Bonchev–Trinajstić information content (AvgIpc) is 2.72. The highest BCUT2D eigenvalue weighted by Gasteiger charge is 2.13. The normalized spacial score (nSPS) is 10.3. The van der Waals surface area contributed by atoms with Crippen LogP contribution in [0.5, 0.6) is 5.75 Å². The molecule has 0 saturated carbocycles. The van der Waals surface area contributed by atoms with Crippen molar-refractivity contribution in [2.24, 2.45) is 0 Å². The number of phenols is 1. The molecule has 0 aliphatic rings. The van der Waals surface area contributed by atoms with E-state index < -0.39 is 0 Å². The van der Waals surface area contributed by atoms with Crippen LogP contribution in [0.2, 0.25) is 0 Å². The van der Waals surface area contributed by atoms with Gasteiger partial charge >= 0.3 is 0 Å². The molecule has 4 nitrogen and oxygen atoms in total. The summed E-state index contributed by atoms with van der Waals surface area (Å²) in [6, 6.07) is 6.70. The third kappa shape index (κ3) is 1.82. The largest absolute Gasteiger partial charge is 0.508 e. The molecule has 1 aromatic carbocycles. The quantitative estimate of drug-likeness (QED) is 0.802. The lowest BCUT2D eigenvalue weighted by atomic mass is 10.1. The van der Waals surface area contributed by atoms with E-state index in [1.807, 2.05) is 13.0 Å². The maximum absolute atomic E-state index is 10.6. The van der Waals surface area contributed by atoms with E-state index in [0.29, 0.717) is 24.2 Å². The number of benzene rings is 1. The molecule has 1 N–H and O–H groups in total. The van der Waals surface area contributed by atoms with E-state index in [4.69, 9.17) is 4.42 Å². The molecule has 1 aromatic heterocycles. The molecule has 0 spiro atoms. The van der Waals surface area contributed by atoms with Crippen LogP contribution in [-0.4, -0.2) is 16.4 Å². The first-order valence-corrected chi connectivity index (χ1v) is 4.99. The molecular weight excluding hydrogens is 206 g/mol. The summed E-state index contributed by atoms with van der Waals surface area (Å²) in [5.74, 6) is 0.873. The Balaban J connectivity index is 2.54. The minimum absolute atomic E-state index is 0.0650. The molecule has 0 aliphatic heterocycles. The maximum atomic E-state index is 10.6. The second-order valence-electron chi connectivity index (χ2n) is 3.35. The van der Waals surface area contributed by atoms with Crippen LogP contribution >= 0.6 is 0 Å². The Morgan fingerprint density at radius 3 is 2.94 bits per heavy atom. The molecule has 2 rings (SSSR count). The van der Waals surface area contributed by atoms with Gasteiger partial charge in [0.05, 0.1) is 0 Å². The van der Waals surface area contributed by atoms with Crippen LogP contribution < -0.4 is 0 Å². The van der Waals surface area contributed by atoms with Crippen LogP contribution in [0.1, 0.15) is 23.4 Å². The Labute approximate surface area is 92.6 Å². The van der Waals surface area contributed by atoms with E-state index in [1.165, 1.54) is 0 Å². The summed E-state index contributed by atoms with van der Waals surface area (Å²) in [4.78, 5) is 14.6. The minimum Gasteiger partial charge on any atom is -0.508 e. The molecule has 0 radical (unpaired) electrons. The highest BCUT2D eigenvalue weighted by atomic mass is 16.4. The first-order chi connectivity index (χ1) is 7.74. The number of oxazole rings is 1. The molecule has 0 amide bonds. The Kier molecular flexibility index (Phi) is 2.72. The lowest BCUT2D eigenvalue weighted by Crippen LogP contribution is -1.84. The average molecular weight is 217 g/mol. The number of aromatic nitrogens is 1. The van der Waals surface area contributed by atoms with Gasteiger partial charge in [-0.1, -0.05) is 19.1 Å². The molecule has 0 fully saturated rings. The summed E-state index contributed by atoms with van der Waals surface area (Å²) in [5, 5.41) is 9.37. The molecular formula is C12H11NO3. The molecule has 4 heteroatoms. The van der Waals surface area contributed by atoms with Gasteiger partial charge in [-0.15, -0.1) is 0 Å². The Bertz CT molecular complexity index is 517. The van der Waals surface area contributed by atoms with Gasteiger partial charge in [-0.3, -0.25) is 4.79 Å². The lowest BCUT2D eigenvalue weighted by molar-refractivity contribution is 0.109. The molecule has 2 aromatic rings. The highest BCUT2D eigenvalue weighted by Crippen LogP contribution is 2.26. The van der Waals surface area contributed by atoms with E-state index in [1.54, 1.807) is 18.2 Å².